The lowest BCUT2D eigenvalue weighted by molar-refractivity contribution is -0.00530. The van der Waals surface area contributed by atoms with Crippen LogP contribution in [0, 0.1) is 35.5 Å². The Morgan fingerprint density at radius 1 is 0.452 bits per heavy atom. The van der Waals surface area contributed by atoms with Crippen molar-refractivity contribution in [2.75, 3.05) is 0 Å². The fourth-order valence-electron chi connectivity index (χ4n) is 16.2. The molecule has 8 saturated carbocycles. The topological polar surface area (TPSA) is 38.9 Å². The van der Waals surface area contributed by atoms with E-state index in [1.54, 1.807) is 17.5 Å². The standard InChI is InChI=1S/C59H56N2O/c1-57(2)51-6-4-3-5-49(51)50-16-11-43(25-52(50)57)47-17-18-48(56-55(47)60-34-62-56)44-26-53(41-7-12-45(13-8-41)58-28-35-19-36(29-58)21-37(20-35)30-58)61-54(27-44)42-9-14-46(15-10-42)59-31-38-22-39(32-59)24-40(23-38)33-59/h3-18,25-27,34-40H,19-24,28-33H2,1-2H3. The zero-order valence-electron chi connectivity index (χ0n) is 36.3. The molecule has 8 bridgehead atoms. The highest BCUT2D eigenvalue weighted by Crippen LogP contribution is 2.62. The Morgan fingerprint density at radius 2 is 0.919 bits per heavy atom. The molecule has 0 amide bonds. The van der Waals surface area contributed by atoms with E-state index in [1.807, 2.05) is 0 Å². The minimum absolute atomic E-state index is 0.0739. The van der Waals surface area contributed by atoms with Crippen LogP contribution in [0.1, 0.15) is 113 Å². The minimum atomic E-state index is -0.0739. The van der Waals surface area contributed by atoms with E-state index in [1.165, 1.54) is 116 Å². The predicted molar refractivity (Wildman–Crippen MR) is 251 cm³/mol. The molecule has 0 unspecified atom stereocenters. The van der Waals surface area contributed by atoms with Crippen LogP contribution in [0.3, 0.4) is 0 Å². The minimum Gasteiger partial charge on any atom is -0.443 e. The van der Waals surface area contributed by atoms with Crippen LogP contribution in [0.15, 0.2) is 126 Å². The van der Waals surface area contributed by atoms with Gasteiger partial charge in [0.05, 0.1) is 11.4 Å². The highest BCUT2D eigenvalue weighted by atomic mass is 16.3. The molecule has 0 N–H and O–H groups in total. The molecule has 308 valence electrons. The van der Waals surface area contributed by atoms with Gasteiger partial charge in [-0.3, -0.25) is 0 Å². The molecule has 3 nitrogen and oxygen atoms in total. The summed E-state index contributed by atoms with van der Waals surface area (Å²) in [6, 6.07) is 44.3. The fourth-order valence-corrected chi connectivity index (χ4v) is 16.2. The van der Waals surface area contributed by atoms with Gasteiger partial charge < -0.3 is 4.42 Å². The second-order valence-electron chi connectivity index (χ2n) is 22.3. The Bertz CT molecular complexity index is 2770. The number of rotatable bonds is 6. The Labute approximate surface area is 366 Å². The van der Waals surface area contributed by atoms with Crippen molar-refractivity contribution in [3.05, 3.63) is 144 Å². The van der Waals surface area contributed by atoms with Gasteiger partial charge in [-0.25, -0.2) is 9.97 Å². The molecule has 9 aliphatic rings. The van der Waals surface area contributed by atoms with Crippen molar-refractivity contribution in [1.82, 2.24) is 9.97 Å². The second kappa shape index (κ2) is 12.9. The SMILES string of the molecule is CC1(C)c2ccccc2-c2ccc(-c3ccc(-c4cc(-c5ccc(C67CC8CC(CC(C8)C6)C7)cc5)nc(-c5ccc(C67CC8CC(CC(C8)C6)C7)cc5)c4)c4ocnc34)cc21. The first-order chi connectivity index (χ1) is 30.3. The molecule has 0 atom stereocenters. The molecule has 0 spiro atoms. The molecule has 0 saturated heterocycles. The normalized spacial score (nSPS) is 30.5. The summed E-state index contributed by atoms with van der Waals surface area (Å²) in [6.45, 7) is 4.70. The molecule has 5 aromatic carbocycles. The van der Waals surface area contributed by atoms with Crippen LogP contribution in [0.5, 0.6) is 0 Å². The number of pyridine rings is 1. The first kappa shape index (κ1) is 36.2. The number of nitrogens with zero attached hydrogens (tertiary/aromatic N) is 2. The van der Waals surface area contributed by atoms with Gasteiger partial charge >= 0.3 is 0 Å². The summed E-state index contributed by atoms with van der Waals surface area (Å²) >= 11 is 0. The maximum atomic E-state index is 6.37. The molecule has 9 aliphatic carbocycles. The van der Waals surface area contributed by atoms with Gasteiger partial charge in [0.25, 0.3) is 0 Å². The molecule has 8 fully saturated rings. The van der Waals surface area contributed by atoms with Gasteiger partial charge in [0, 0.05) is 27.7 Å². The van der Waals surface area contributed by atoms with Crippen LogP contribution in [-0.4, -0.2) is 9.97 Å². The monoisotopic (exact) mass is 808 g/mol. The van der Waals surface area contributed by atoms with E-state index >= 15 is 0 Å². The molecule has 0 radical (unpaired) electrons. The predicted octanol–water partition coefficient (Wildman–Crippen LogP) is 15.1. The van der Waals surface area contributed by atoms with Crippen molar-refractivity contribution < 1.29 is 4.42 Å². The Balaban J connectivity index is 0.862. The average Bonchev–Trinajstić information content (AvgIpc) is 3.86. The number of hydrogen-bond donors (Lipinski definition) is 0. The summed E-state index contributed by atoms with van der Waals surface area (Å²) in [7, 11) is 0. The summed E-state index contributed by atoms with van der Waals surface area (Å²) in [4.78, 5) is 10.4. The molecule has 2 aromatic heterocycles. The van der Waals surface area contributed by atoms with E-state index in [0.29, 0.717) is 10.8 Å². The first-order valence-corrected chi connectivity index (χ1v) is 24.1. The van der Waals surface area contributed by atoms with Gasteiger partial charge in [-0.2, -0.15) is 0 Å². The van der Waals surface area contributed by atoms with E-state index < -0.39 is 0 Å². The first-order valence-electron chi connectivity index (χ1n) is 24.1. The number of fused-ring (bicyclic) bond motifs is 4. The molecular formula is C59H56N2O. The zero-order valence-corrected chi connectivity index (χ0v) is 36.3. The molecule has 7 aromatic rings. The fraction of sp³-hybridized carbons (Fsp3) is 0.390. The van der Waals surface area contributed by atoms with Crippen LogP contribution >= 0.6 is 0 Å². The Kier molecular flexibility index (Phi) is 7.54. The van der Waals surface area contributed by atoms with Crippen molar-refractivity contribution in [2.24, 2.45) is 35.5 Å². The maximum absolute atomic E-state index is 6.37. The highest BCUT2D eigenvalue weighted by molar-refractivity contribution is 6.01. The van der Waals surface area contributed by atoms with Gasteiger partial charge in [-0.05, 0) is 192 Å². The highest BCUT2D eigenvalue weighted by Gasteiger charge is 2.53. The molecule has 2 heterocycles. The van der Waals surface area contributed by atoms with Gasteiger partial charge in [-0.15, -0.1) is 0 Å². The molecule has 16 rings (SSSR count). The number of benzene rings is 5. The van der Waals surface area contributed by atoms with Crippen molar-refractivity contribution in [3.8, 4) is 55.9 Å². The van der Waals surface area contributed by atoms with Crippen LogP contribution in [0.25, 0.3) is 67.0 Å². The average molecular weight is 809 g/mol. The van der Waals surface area contributed by atoms with Gasteiger partial charge in [0.2, 0.25) is 0 Å². The van der Waals surface area contributed by atoms with Gasteiger partial charge in [0.15, 0.2) is 12.0 Å². The Morgan fingerprint density at radius 3 is 1.47 bits per heavy atom. The summed E-state index contributed by atoms with van der Waals surface area (Å²) in [5.41, 5.74) is 19.8. The van der Waals surface area contributed by atoms with Crippen molar-refractivity contribution in [2.45, 2.75) is 107 Å². The maximum Gasteiger partial charge on any atom is 0.182 e. The van der Waals surface area contributed by atoms with Crippen LogP contribution in [-0.2, 0) is 16.2 Å². The van der Waals surface area contributed by atoms with Crippen LogP contribution in [0.2, 0.25) is 0 Å². The lowest BCUT2D eigenvalue weighted by Gasteiger charge is -2.57. The van der Waals surface area contributed by atoms with E-state index in [2.05, 4.69) is 129 Å². The van der Waals surface area contributed by atoms with Crippen molar-refractivity contribution >= 4 is 11.1 Å². The van der Waals surface area contributed by atoms with E-state index in [4.69, 9.17) is 14.4 Å². The quantitative estimate of drug-likeness (QED) is 0.168. The smallest absolute Gasteiger partial charge is 0.182 e. The molecule has 0 aliphatic heterocycles. The van der Waals surface area contributed by atoms with Crippen molar-refractivity contribution in [3.63, 3.8) is 0 Å². The number of hydrogen-bond acceptors (Lipinski definition) is 3. The van der Waals surface area contributed by atoms with E-state index in [-0.39, 0.29) is 5.41 Å². The Hall–Kier alpha value is -5.28. The lowest BCUT2D eigenvalue weighted by Crippen LogP contribution is -2.48. The van der Waals surface area contributed by atoms with Gasteiger partial charge in [0.1, 0.15) is 5.52 Å². The van der Waals surface area contributed by atoms with E-state index in [0.717, 1.165) is 74.7 Å². The third-order valence-electron chi connectivity index (χ3n) is 18.2. The largest absolute Gasteiger partial charge is 0.443 e. The van der Waals surface area contributed by atoms with Crippen LogP contribution in [0.4, 0.5) is 0 Å². The van der Waals surface area contributed by atoms with Crippen molar-refractivity contribution in [1.29, 1.82) is 0 Å². The number of oxazole rings is 1. The molecular weight excluding hydrogens is 753 g/mol. The van der Waals surface area contributed by atoms with E-state index in [9.17, 15) is 0 Å². The zero-order chi connectivity index (χ0) is 41.0. The number of aromatic nitrogens is 2. The van der Waals surface area contributed by atoms with Crippen LogP contribution < -0.4 is 0 Å². The second-order valence-corrected chi connectivity index (χ2v) is 22.3. The summed E-state index contributed by atoms with van der Waals surface area (Å²) in [5, 5.41) is 0. The van der Waals surface area contributed by atoms with Gasteiger partial charge in [-0.1, -0.05) is 105 Å². The summed E-state index contributed by atoms with van der Waals surface area (Å²) < 4.78 is 6.37. The third-order valence-corrected chi connectivity index (χ3v) is 18.2. The molecule has 62 heavy (non-hydrogen) atoms. The third kappa shape index (κ3) is 5.36. The summed E-state index contributed by atoms with van der Waals surface area (Å²) in [6.07, 6.45) is 18.8. The lowest BCUT2D eigenvalue weighted by atomic mass is 9.48. The molecule has 3 heteroatoms. The summed E-state index contributed by atoms with van der Waals surface area (Å²) in [5.74, 6) is 5.60.